The van der Waals surface area contributed by atoms with E-state index < -0.39 is 0 Å². The summed E-state index contributed by atoms with van der Waals surface area (Å²) >= 11 is 0. The Balaban J connectivity index is 1.21. The summed E-state index contributed by atoms with van der Waals surface area (Å²) in [5.41, 5.74) is 8.70. The van der Waals surface area contributed by atoms with Crippen molar-refractivity contribution in [3.8, 4) is 0 Å². The van der Waals surface area contributed by atoms with Crippen molar-refractivity contribution in [1.82, 2.24) is 20.2 Å². The predicted octanol–water partition coefficient (Wildman–Crippen LogP) is 5.87. The SMILES string of the molecule is CC[C@H]1CN2CCc3c([nH]c4ccccc34)[C@@H]2C[C@@H]1C[C@@H]1NCCc2c1[nH]c1ccccc21. The van der Waals surface area contributed by atoms with Gasteiger partial charge in [0.05, 0.1) is 6.04 Å². The van der Waals surface area contributed by atoms with Gasteiger partial charge in [-0.1, -0.05) is 49.7 Å². The fourth-order valence-electron chi connectivity index (χ4n) is 7.30. The average Bonchev–Trinajstić information content (AvgIpc) is 3.43. The van der Waals surface area contributed by atoms with Gasteiger partial charge in [0.1, 0.15) is 0 Å². The Morgan fingerprint density at radius 1 is 0.848 bits per heavy atom. The molecule has 0 aliphatic carbocycles. The highest BCUT2D eigenvalue weighted by Crippen LogP contribution is 2.46. The Morgan fingerprint density at radius 3 is 2.30 bits per heavy atom. The van der Waals surface area contributed by atoms with Crippen LogP contribution in [0.4, 0.5) is 0 Å². The van der Waals surface area contributed by atoms with Gasteiger partial charge >= 0.3 is 0 Å². The maximum absolute atomic E-state index is 3.89. The second kappa shape index (κ2) is 7.75. The Labute approximate surface area is 195 Å². The van der Waals surface area contributed by atoms with Gasteiger partial charge < -0.3 is 15.3 Å². The third-order valence-corrected chi connectivity index (χ3v) is 8.96. The number of hydrogen-bond acceptors (Lipinski definition) is 2. The second-order valence-electron chi connectivity index (χ2n) is 10.5. The van der Waals surface area contributed by atoms with E-state index >= 15 is 0 Å². The second-order valence-corrected chi connectivity index (χ2v) is 10.5. The van der Waals surface area contributed by atoms with Crippen LogP contribution in [0.1, 0.15) is 60.8 Å². The largest absolute Gasteiger partial charge is 0.357 e. The molecular formula is C29H34N4. The molecule has 3 aliphatic heterocycles. The molecule has 7 rings (SSSR count). The summed E-state index contributed by atoms with van der Waals surface area (Å²) in [5, 5.41) is 6.76. The fraction of sp³-hybridized carbons (Fsp3) is 0.448. The summed E-state index contributed by atoms with van der Waals surface area (Å²) in [4.78, 5) is 10.4. The molecular weight excluding hydrogens is 404 g/mol. The van der Waals surface area contributed by atoms with Crippen molar-refractivity contribution in [1.29, 1.82) is 0 Å². The number of piperidine rings is 1. The van der Waals surface area contributed by atoms with Gasteiger partial charge in [-0.3, -0.25) is 4.90 Å². The van der Waals surface area contributed by atoms with E-state index in [4.69, 9.17) is 0 Å². The number of aromatic nitrogens is 2. The predicted molar refractivity (Wildman–Crippen MR) is 136 cm³/mol. The molecule has 4 heteroatoms. The Kier molecular flexibility index (Phi) is 4.66. The van der Waals surface area contributed by atoms with Gasteiger partial charge in [-0.2, -0.15) is 0 Å². The molecule has 0 radical (unpaired) electrons. The molecule has 33 heavy (non-hydrogen) atoms. The molecule has 0 bridgehead atoms. The van der Waals surface area contributed by atoms with E-state index in [1.807, 2.05) is 0 Å². The number of hydrogen-bond donors (Lipinski definition) is 3. The van der Waals surface area contributed by atoms with Crippen LogP contribution in [0.2, 0.25) is 0 Å². The average molecular weight is 439 g/mol. The van der Waals surface area contributed by atoms with Crippen LogP contribution in [-0.2, 0) is 12.8 Å². The maximum Gasteiger partial charge on any atom is 0.0504 e. The van der Waals surface area contributed by atoms with Crippen molar-refractivity contribution in [2.45, 2.75) is 51.1 Å². The fourth-order valence-corrected chi connectivity index (χ4v) is 7.30. The third kappa shape index (κ3) is 3.11. The lowest BCUT2D eigenvalue weighted by atomic mass is 9.74. The molecule has 0 amide bonds. The van der Waals surface area contributed by atoms with E-state index in [1.54, 1.807) is 11.1 Å². The van der Waals surface area contributed by atoms with Crippen LogP contribution < -0.4 is 5.32 Å². The van der Waals surface area contributed by atoms with Crippen molar-refractivity contribution in [2.75, 3.05) is 19.6 Å². The molecule has 1 fully saturated rings. The summed E-state index contributed by atoms with van der Waals surface area (Å²) in [6.07, 6.45) is 6.09. The number of rotatable bonds is 3. The van der Waals surface area contributed by atoms with E-state index in [0.29, 0.717) is 12.1 Å². The van der Waals surface area contributed by atoms with Gasteiger partial charge in [-0.05, 0) is 67.3 Å². The first-order valence-corrected chi connectivity index (χ1v) is 13.0. The monoisotopic (exact) mass is 438 g/mol. The molecule has 5 heterocycles. The van der Waals surface area contributed by atoms with Gasteiger partial charge in [0, 0.05) is 52.3 Å². The lowest BCUT2D eigenvalue weighted by Gasteiger charge is -2.47. The zero-order chi connectivity index (χ0) is 21.9. The van der Waals surface area contributed by atoms with Crippen molar-refractivity contribution in [2.24, 2.45) is 11.8 Å². The number of H-pyrrole nitrogens is 2. The van der Waals surface area contributed by atoms with E-state index in [2.05, 4.69) is 75.6 Å². The van der Waals surface area contributed by atoms with Crippen molar-refractivity contribution in [3.63, 3.8) is 0 Å². The molecule has 0 spiro atoms. The lowest BCUT2D eigenvalue weighted by Crippen LogP contribution is -2.46. The normalized spacial score (nSPS) is 27.4. The minimum atomic E-state index is 0.442. The molecule has 2 aromatic carbocycles. The maximum atomic E-state index is 3.89. The summed E-state index contributed by atoms with van der Waals surface area (Å²) in [7, 11) is 0. The highest BCUT2D eigenvalue weighted by Gasteiger charge is 2.41. The van der Waals surface area contributed by atoms with Gasteiger partial charge in [-0.15, -0.1) is 0 Å². The molecule has 4 nitrogen and oxygen atoms in total. The number of aromatic amines is 2. The minimum absolute atomic E-state index is 0.442. The Bertz CT molecular complexity index is 1310. The van der Waals surface area contributed by atoms with Crippen LogP contribution in [0.25, 0.3) is 21.8 Å². The Morgan fingerprint density at radius 2 is 1.55 bits per heavy atom. The van der Waals surface area contributed by atoms with Crippen LogP contribution in [0.15, 0.2) is 48.5 Å². The summed E-state index contributed by atoms with van der Waals surface area (Å²) in [6.45, 7) is 5.94. The zero-order valence-corrected chi connectivity index (χ0v) is 19.5. The molecule has 1 saturated heterocycles. The van der Waals surface area contributed by atoms with Gasteiger partial charge in [0.25, 0.3) is 0 Å². The summed E-state index contributed by atoms with van der Waals surface area (Å²) in [5.74, 6) is 1.52. The van der Waals surface area contributed by atoms with Gasteiger partial charge in [-0.25, -0.2) is 0 Å². The quantitative estimate of drug-likeness (QED) is 0.374. The van der Waals surface area contributed by atoms with E-state index in [0.717, 1.165) is 24.8 Å². The molecule has 0 unspecified atom stereocenters. The third-order valence-electron chi connectivity index (χ3n) is 8.96. The minimum Gasteiger partial charge on any atom is -0.357 e. The number of fused-ring (bicyclic) bond motifs is 8. The van der Waals surface area contributed by atoms with E-state index in [1.165, 1.54) is 72.0 Å². The number of para-hydroxylation sites is 2. The molecule has 2 aromatic heterocycles. The molecule has 3 N–H and O–H groups in total. The highest BCUT2D eigenvalue weighted by molar-refractivity contribution is 5.86. The van der Waals surface area contributed by atoms with Crippen molar-refractivity contribution >= 4 is 21.8 Å². The highest BCUT2D eigenvalue weighted by atomic mass is 15.2. The van der Waals surface area contributed by atoms with Crippen LogP contribution in [0, 0.1) is 11.8 Å². The first kappa shape index (κ1) is 19.9. The van der Waals surface area contributed by atoms with E-state index in [9.17, 15) is 0 Å². The molecule has 3 aliphatic rings. The van der Waals surface area contributed by atoms with Gasteiger partial charge in [0.2, 0.25) is 0 Å². The van der Waals surface area contributed by atoms with E-state index in [-0.39, 0.29) is 0 Å². The standard InChI is InChI=1S/C29H34N4/c1-2-18-17-33-14-12-23-21-8-4-6-10-25(21)32-29(23)27(33)16-19(18)15-26-28-22(11-13-30-26)20-7-3-5-9-24(20)31-28/h3-10,18-19,26-27,30-32H,2,11-17H2,1H3/t18-,19-,26-,27-/m0/s1. The van der Waals surface area contributed by atoms with Crippen LogP contribution in [0.3, 0.4) is 0 Å². The molecule has 170 valence electrons. The zero-order valence-electron chi connectivity index (χ0n) is 19.5. The summed E-state index contributed by atoms with van der Waals surface area (Å²) < 4.78 is 0. The van der Waals surface area contributed by atoms with Crippen molar-refractivity contribution in [3.05, 3.63) is 71.0 Å². The molecule has 4 atom stereocenters. The first-order valence-electron chi connectivity index (χ1n) is 13.0. The Hall–Kier alpha value is -2.56. The summed E-state index contributed by atoms with van der Waals surface area (Å²) in [6, 6.07) is 18.7. The lowest BCUT2D eigenvalue weighted by molar-refractivity contribution is 0.0419. The molecule has 4 aromatic rings. The smallest absolute Gasteiger partial charge is 0.0504 e. The molecule has 0 saturated carbocycles. The van der Waals surface area contributed by atoms with Crippen LogP contribution in [-0.4, -0.2) is 34.5 Å². The number of nitrogens with zero attached hydrogens (tertiary/aromatic N) is 1. The van der Waals surface area contributed by atoms with Crippen LogP contribution in [0.5, 0.6) is 0 Å². The number of nitrogens with one attached hydrogen (secondary N) is 3. The van der Waals surface area contributed by atoms with Gasteiger partial charge in [0.15, 0.2) is 0 Å². The first-order chi connectivity index (χ1) is 16.3. The topological polar surface area (TPSA) is 46.9 Å². The van der Waals surface area contributed by atoms with Crippen molar-refractivity contribution < 1.29 is 0 Å². The number of benzene rings is 2. The van der Waals surface area contributed by atoms with Crippen LogP contribution >= 0.6 is 0 Å².